The zero-order chi connectivity index (χ0) is 20.0. The molecule has 0 spiro atoms. The monoisotopic (exact) mass is 375 g/mol. The molecule has 1 amide bonds. The molecule has 7 heteroatoms. The smallest absolute Gasteiger partial charge is 0.410 e. The third-order valence-corrected chi connectivity index (χ3v) is 3.83. The summed E-state index contributed by atoms with van der Waals surface area (Å²) in [5.74, 6) is 3.34. The Morgan fingerprint density at radius 3 is 2.70 bits per heavy atom. The van der Waals surface area contributed by atoms with Crippen molar-refractivity contribution in [3.8, 4) is 29.6 Å². The number of benzene rings is 1. The first kappa shape index (κ1) is 20.4. The number of carbonyl (C=O) groups is 2. The predicted octanol–water partition coefficient (Wildman–Crippen LogP) is 2.91. The summed E-state index contributed by atoms with van der Waals surface area (Å²) in [6.07, 6.45) is 5.84. The summed E-state index contributed by atoms with van der Waals surface area (Å²) in [7, 11) is 1.46. The van der Waals surface area contributed by atoms with Crippen molar-refractivity contribution in [1.29, 1.82) is 0 Å². The molecule has 1 fully saturated rings. The van der Waals surface area contributed by atoms with Crippen LogP contribution in [0.5, 0.6) is 17.2 Å². The van der Waals surface area contributed by atoms with Gasteiger partial charge < -0.3 is 23.8 Å². The standard InChI is InChI=1S/C20H25NO6/c1-6-11-25-16-8-7-14(13-22)17(18(16)24-5)26-15-9-10-21(12-15)19(23)27-20(2,3)4/h1,7-8,13,15H,9-12H2,2-5H3. The molecule has 0 saturated carbocycles. The summed E-state index contributed by atoms with van der Waals surface area (Å²) < 4.78 is 22.2. The van der Waals surface area contributed by atoms with Crippen LogP contribution in [0.4, 0.5) is 4.79 Å². The molecule has 1 aromatic carbocycles. The second kappa shape index (κ2) is 8.67. The Morgan fingerprint density at radius 2 is 2.11 bits per heavy atom. The summed E-state index contributed by atoms with van der Waals surface area (Å²) >= 11 is 0. The van der Waals surface area contributed by atoms with Crippen LogP contribution in [0.15, 0.2) is 12.1 Å². The number of likely N-dealkylation sites (tertiary alicyclic amines) is 1. The van der Waals surface area contributed by atoms with E-state index in [9.17, 15) is 9.59 Å². The minimum atomic E-state index is -0.563. The summed E-state index contributed by atoms with van der Waals surface area (Å²) in [6, 6.07) is 3.19. The number of aldehydes is 1. The Balaban J connectivity index is 2.16. The number of carbonyl (C=O) groups excluding carboxylic acids is 2. The second-order valence-corrected chi connectivity index (χ2v) is 7.08. The molecule has 7 nitrogen and oxygen atoms in total. The molecule has 0 bridgehead atoms. The van der Waals surface area contributed by atoms with E-state index in [1.54, 1.807) is 17.0 Å². The number of hydrogen-bond donors (Lipinski definition) is 0. The van der Waals surface area contributed by atoms with Gasteiger partial charge in [-0.1, -0.05) is 5.92 Å². The van der Waals surface area contributed by atoms with Gasteiger partial charge in [0.1, 0.15) is 18.3 Å². The second-order valence-electron chi connectivity index (χ2n) is 7.08. The zero-order valence-electron chi connectivity index (χ0n) is 16.1. The number of terminal acetylenes is 1. The first-order valence-corrected chi connectivity index (χ1v) is 8.66. The Morgan fingerprint density at radius 1 is 1.37 bits per heavy atom. The van der Waals surface area contributed by atoms with Crippen LogP contribution in [-0.4, -0.2) is 55.8 Å². The van der Waals surface area contributed by atoms with Gasteiger partial charge in [0.05, 0.1) is 19.2 Å². The maximum atomic E-state index is 12.2. The lowest BCUT2D eigenvalue weighted by Crippen LogP contribution is -2.36. The number of nitrogens with zero attached hydrogens (tertiary/aromatic N) is 1. The molecule has 1 aliphatic rings. The van der Waals surface area contributed by atoms with Gasteiger partial charge in [-0.15, -0.1) is 6.42 Å². The Hall–Kier alpha value is -2.88. The highest BCUT2D eigenvalue weighted by molar-refractivity contribution is 5.82. The molecular weight excluding hydrogens is 350 g/mol. The molecule has 0 aliphatic carbocycles. The average Bonchev–Trinajstić information content (AvgIpc) is 3.07. The van der Waals surface area contributed by atoms with E-state index in [1.807, 2.05) is 20.8 Å². The number of ether oxygens (including phenoxy) is 4. The summed E-state index contributed by atoms with van der Waals surface area (Å²) in [4.78, 5) is 25.2. The van der Waals surface area contributed by atoms with Gasteiger partial charge in [-0.05, 0) is 32.9 Å². The molecule has 1 unspecified atom stereocenters. The van der Waals surface area contributed by atoms with E-state index in [0.717, 1.165) is 0 Å². The summed E-state index contributed by atoms with van der Waals surface area (Å²) in [5.41, 5.74) is -0.234. The van der Waals surface area contributed by atoms with E-state index in [2.05, 4.69) is 5.92 Å². The number of amides is 1. The molecule has 0 radical (unpaired) electrons. The van der Waals surface area contributed by atoms with Crippen LogP contribution in [0.3, 0.4) is 0 Å². The van der Waals surface area contributed by atoms with Gasteiger partial charge in [0, 0.05) is 13.0 Å². The molecule has 1 aliphatic heterocycles. The van der Waals surface area contributed by atoms with Crippen LogP contribution in [0.2, 0.25) is 0 Å². The predicted molar refractivity (Wildman–Crippen MR) is 99.5 cm³/mol. The Bertz CT molecular complexity index is 731. The van der Waals surface area contributed by atoms with Crippen molar-refractivity contribution in [3.05, 3.63) is 17.7 Å². The quantitative estimate of drug-likeness (QED) is 0.562. The van der Waals surface area contributed by atoms with Crippen LogP contribution in [0.1, 0.15) is 37.6 Å². The van der Waals surface area contributed by atoms with Crippen molar-refractivity contribution in [1.82, 2.24) is 4.90 Å². The van der Waals surface area contributed by atoms with E-state index in [4.69, 9.17) is 25.4 Å². The number of hydrogen-bond acceptors (Lipinski definition) is 6. The first-order valence-electron chi connectivity index (χ1n) is 8.66. The van der Waals surface area contributed by atoms with Gasteiger partial charge in [0.25, 0.3) is 0 Å². The normalized spacial score (nSPS) is 16.4. The molecule has 27 heavy (non-hydrogen) atoms. The molecular formula is C20H25NO6. The maximum Gasteiger partial charge on any atom is 0.410 e. The van der Waals surface area contributed by atoms with E-state index in [-0.39, 0.29) is 24.6 Å². The van der Waals surface area contributed by atoms with E-state index >= 15 is 0 Å². The van der Waals surface area contributed by atoms with E-state index in [1.165, 1.54) is 7.11 Å². The SMILES string of the molecule is C#CCOc1ccc(C=O)c(OC2CCN(C(=O)OC(C)(C)C)C2)c1OC. The van der Waals surface area contributed by atoms with Gasteiger partial charge in [-0.25, -0.2) is 4.79 Å². The summed E-state index contributed by atoms with van der Waals surface area (Å²) in [6.45, 7) is 6.37. The topological polar surface area (TPSA) is 74.3 Å². The van der Waals surface area contributed by atoms with Crippen LogP contribution < -0.4 is 14.2 Å². The highest BCUT2D eigenvalue weighted by Crippen LogP contribution is 2.40. The summed E-state index contributed by atoms with van der Waals surface area (Å²) in [5, 5.41) is 0. The van der Waals surface area contributed by atoms with Crippen LogP contribution in [0, 0.1) is 12.3 Å². The molecule has 146 valence electrons. The van der Waals surface area contributed by atoms with Gasteiger partial charge in [-0.2, -0.15) is 0 Å². The lowest BCUT2D eigenvalue weighted by atomic mass is 10.2. The maximum absolute atomic E-state index is 12.2. The molecule has 0 aromatic heterocycles. The molecule has 1 saturated heterocycles. The fourth-order valence-corrected chi connectivity index (χ4v) is 2.68. The van der Waals surface area contributed by atoms with Gasteiger partial charge in [-0.3, -0.25) is 4.79 Å². The lowest BCUT2D eigenvalue weighted by molar-refractivity contribution is 0.0275. The zero-order valence-corrected chi connectivity index (χ0v) is 16.1. The minimum Gasteiger partial charge on any atom is -0.490 e. The van der Waals surface area contributed by atoms with Gasteiger partial charge in [0.15, 0.2) is 17.8 Å². The van der Waals surface area contributed by atoms with Crippen molar-refractivity contribution in [2.75, 3.05) is 26.8 Å². The highest BCUT2D eigenvalue weighted by atomic mass is 16.6. The van der Waals surface area contributed by atoms with Crippen molar-refractivity contribution >= 4 is 12.4 Å². The Labute approximate surface area is 159 Å². The lowest BCUT2D eigenvalue weighted by Gasteiger charge is -2.24. The number of rotatable bonds is 6. The minimum absolute atomic E-state index is 0.0616. The molecule has 1 atom stereocenters. The van der Waals surface area contributed by atoms with Crippen molar-refractivity contribution in [2.24, 2.45) is 0 Å². The molecule has 1 aromatic rings. The highest BCUT2D eigenvalue weighted by Gasteiger charge is 2.32. The van der Waals surface area contributed by atoms with Crippen molar-refractivity contribution in [3.63, 3.8) is 0 Å². The molecule has 0 N–H and O–H groups in total. The van der Waals surface area contributed by atoms with E-state index < -0.39 is 5.60 Å². The van der Waals surface area contributed by atoms with Crippen LogP contribution in [0.25, 0.3) is 0 Å². The van der Waals surface area contributed by atoms with Gasteiger partial charge >= 0.3 is 6.09 Å². The largest absolute Gasteiger partial charge is 0.490 e. The van der Waals surface area contributed by atoms with Crippen LogP contribution >= 0.6 is 0 Å². The average molecular weight is 375 g/mol. The fourth-order valence-electron chi connectivity index (χ4n) is 2.68. The van der Waals surface area contributed by atoms with Crippen molar-refractivity contribution in [2.45, 2.75) is 38.9 Å². The molecule has 2 rings (SSSR count). The first-order chi connectivity index (χ1) is 12.8. The van der Waals surface area contributed by atoms with Crippen molar-refractivity contribution < 1.29 is 28.5 Å². The fraction of sp³-hybridized carbons (Fsp3) is 0.500. The molecule has 1 heterocycles. The Kier molecular flexibility index (Phi) is 6.56. The van der Waals surface area contributed by atoms with Gasteiger partial charge in [0.2, 0.25) is 5.75 Å². The number of methoxy groups -OCH3 is 1. The van der Waals surface area contributed by atoms with Crippen LogP contribution in [-0.2, 0) is 4.74 Å². The third-order valence-electron chi connectivity index (χ3n) is 3.83. The van der Waals surface area contributed by atoms with E-state index in [0.29, 0.717) is 42.9 Å². The third kappa shape index (κ3) is 5.30.